The van der Waals surface area contributed by atoms with Gasteiger partial charge in [0.25, 0.3) is 5.91 Å². The van der Waals surface area contributed by atoms with E-state index in [0.29, 0.717) is 16.8 Å². The first-order valence-electron chi connectivity index (χ1n) is 8.88. The van der Waals surface area contributed by atoms with E-state index in [1.54, 1.807) is 42.5 Å². The van der Waals surface area contributed by atoms with Crippen LogP contribution in [-0.2, 0) is 4.74 Å². The van der Waals surface area contributed by atoms with Crippen LogP contribution in [0.25, 0.3) is 0 Å². The number of aryl methyl sites for hydroxylation is 1. The number of amides is 1. The average Bonchev–Trinajstić information content (AvgIpc) is 3.28. The van der Waals surface area contributed by atoms with E-state index in [1.807, 2.05) is 19.1 Å². The topological polar surface area (TPSA) is 97.6 Å². The van der Waals surface area contributed by atoms with Gasteiger partial charge in [0.05, 0.1) is 18.9 Å². The smallest absolute Gasteiger partial charge is 0.337 e. The minimum absolute atomic E-state index is 0.0922. The standard InChI is InChI=1S/C22H20N2O5/c1-14-5-7-15(8-6-14)19(25)20(24-21(26)18-4-3-13-29-18)23-17-11-9-16(10-12-17)22(27)28-2/h3-13,20,23H,1-2H3,(H,24,26). The first-order valence-corrected chi connectivity index (χ1v) is 8.88. The molecule has 0 aliphatic heterocycles. The van der Waals surface area contributed by atoms with Gasteiger partial charge < -0.3 is 19.8 Å². The van der Waals surface area contributed by atoms with Crippen molar-refractivity contribution in [2.75, 3.05) is 12.4 Å². The molecule has 0 aliphatic carbocycles. The number of Topliss-reactive ketones (excluding diaryl/α,β-unsaturated/α-hetero) is 1. The largest absolute Gasteiger partial charge is 0.465 e. The minimum atomic E-state index is -1.04. The van der Waals surface area contributed by atoms with Gasteiger partial charge in [0.15, 0.2) is 11.9 Å². The van der Waals surface area contributed by atoms with Crippen LogP contribution >= 0.6 is 0 Å². The van der Waals surface area contributed by atoms with E-state index in [0.717, 1.165) is 5.56 Å². The van der Waals surface area contributed by atoms with E-state index < -0.39 is 18.0 Å². The Kier molecular flexibility index (Phi) is 6.09. The maximum absolute atomic E-state index is 13.0. The molecule has 148 valence electrons. The van der Waals surface area contributed by atoms with Crippen molar-refractivity contribution in [1.29, 1.82) is 0 Å². The van der Waals surface area contributed by atoms with Gasteiger partial charge in [0.1, 0.15) is 0 Å². The molecule has 0 fully saturated rings. The Labute approximate surface area is 167 Å². The van der Waals surface area contributed by atoms with Crippen molar-refractivity contribution >= 4 is 23.3 Å². The van der Waals surface area contributed by atoms with Gasteiger partial charge in [0, 0.05) is 11.3 Å². The Morgan fingerprint density at radius 1 is 0.931 bits per heavy atom. The summed E-state index contributed by atoms with van der Waals surface area (Å²) in [5, 5.41) is 5.64. The second-order valence-corrected chi connectivity index (χ2v) is 6.33. The first-order chi connectivity index (χ1) is 14.0. The molecule has 1 unspecified atom stereocenters. The van der Waals surface area contributed by atoms with E-state index >= 15 is 0 Å². The van der Waals surface area contributed by atoms with E-state index in [2.05, 4.69) is 15.4 Å². The van der Waals surface area contributed by atoms with Crippen LogP contribution in [0.2, 0.25) is 0 Å². The van der Waals surface area contributed by atoms with Crippen LogP contribution < -0.4 is 10.6 Å². The van der Waals surface area contributed by atoms with Crippen molar-refractivity contribution in [1.82, 2.24) is 5.32 Å². The quantitative estimate of drug-likeness (QED) is 0.363. The summed E-state index contributed by atoms with van der Waals surface area (Å²) in [6, 6.07) is 16.5. The van der Waals surface area contributed by atoms with Crippen LogP contribution in [0.15, 0.2) is 71.3 Å². The zero-order chi connectivity index (χ0) is 20.8. The molecule has 3 rings (SSSR count). The van der Waals surface area contributed by atoms with Crippen molar-refractivity contribution in [2.45, 2.75) is 13.1 Å². The van der Waals surface area contributed by atoms with Crippen molar-refractivity contribution in [3.63, 3.8) is 0 Å². The van der Waals surface area contributed by atoms with E-state index in [-0.39, 0.29) is 11.5 Å². The third kappa shape index (κ3) is 4.90. The molecule has 2 aromatic carbocycles. The molecule has 0 radical (unpaired) electrons. The van der Waals surface area contributed by atoms with E-state index in [1.165, 1.54) is 19.4 Å². The normalized spacial score (nSPS) is 11.4. The van der Waals surface area contributed by atoms with Crippen LogP contribution in [0.4, 0.5) is 5.69 Å². The molecule has 0 bridgehead atoms. The highest BCUT2D eigenvalue weighted by Crippen LogP contribution is 2.14. The number of ether oxygens (including phenoxy) is 1. The number of anilines is 1. The number of esters is 1. The van der Waals surface area contributed by atoms with Crippen LogP contribution in [0.3, 0.4) is 0 Å². The van der Waals surface area contributed by atoms with Crippen LogP contribution in [0, 0.1) is 6.92 Å². The monoisotopic (exact) mass is 392 g/mol. The lowest BCUT2D eigenvalue weighted by molar-refractivity contribution is 0.0600. The number of carbonyl (C=O) groups is 3. The molecule has 0 saturated heterocycles. The minimum Gasteiger partial charge on any atom is -0.465 e. The van der Waals surface area contributed by atoms with E-state index in [4.69, 9.17) is 4.42 Å². The van der Waals surface area contributed by atoms with Gasteiger partial charge in [-0.3, -0.25) is 9.59 Å². The summed E-state index contributed by atoms with van der Waals surface area (Å²) in [6.45, 7) is 1.92. The molecule has 1 atom stereocenters. The first kappa shape index (κ1) is 19.9. The summed E-state index contributed by atoms with van der Waals surface area (Å²) in [6.07, 6.45) is 0.337. The Bertz CT molecular complexity index is 993. The van der Waals surface area contributed by atoms with Crippen molar-refractivity contribution in [3.05, 3.63) is 89.4 Å². The molecular formula is C22H20N2O5. The number of hydrogen-bond acceptors (Lipinski definition) is 6. The molecule has 1 heterocycles. The summed E-state index contributed by atoms with van der Waals surface area (Å²) in [5.41, 5.74) is 2.38. The maximum atomic E-state index is 13.0. The highest BCUT2D eigenvalue weighted by atomic mass is 16.5. The summed E-state index contributed by atoms with van der Waals surface area (Å²) < 4.78 is 9.78. The second-order valence-electron chi connectivity index (χ2n) is 6.33. The number of rotatable bonds is 7. The van der Waals surface area contributed by atoms with Gasteiger partial charge in [-0.15, -0.1) is 0 Å². The fourth-order valence-electron chi connectivity index (χ4n) is 2.65. The zero-order valence-corrected chi connectivity index (χ0v) is 16.0. The number of hydrogen-bond donors (Lipinski definition) is 2. The molecule has 7 nitrogen and oxygen atoms in total. The summed E-state index contributed by atoms with van der Waals surface area (Å²) in [7, 11) is 1.30. The fourth-order valence-corrected chi connectivity index (χ4v) is 2.65. The summed E-state index contributed by atoms with van der Waals surface area (Å²) >= 11 is 0. The molecule has 29 heavy (non-hydrogen) atoms. The second kappa shape index (κ2) is 8.88. The lowest BCUT2D eigenvalue weighted by atomic mass is 10.1. The van der Waals surface area contributed by atoms with Gasteiger partial charge in [0.2, 0.25) is 5.78 Å². The molecule has 1 amide bonds. The molecule has 0 aliphatic rings. The third-order valence-corrected chi connectivity index (χ3v) is 4.24. The predicted molar refractivity (Wildman–Crippen MR) is 107 cm³/mol. The lowest BCUT2D eigenvalue weighted by Gasteiger charge is -2.20. The maximum Gasteiger partial charge on any atom is 0.337 e. The molecule has 0 spiro atoms. The van der Waals surface area contributed by atoms with Gasteiger partial charge in [-0.25, -0.2) is 4.79 Å². The number of nitrogens with one attached hydrogen (secondary N) is 2. The highest BCUT2D eigenvalue weighted by molar-refractivity contribution is 6.04. The molecule has 0 saturated carbocycles. The van der Waals surface area contributed by atoms with Crippen LogP contribution in [-0.4, -0.2) is 30.9 Å². The SMILES string of the molecule is COC(=O)c1ccc(NC(NC(=O)c2ccco2)C(=O)c2ccc(C)cc2)cc1. The van der Waals surface area contributed by atoms with Crippen molar-refractivity contribution < 1.29 is 23.5 Å². The Hall–Kier alpha value is -3.87. The van der Waals surface area contributed by atoms with Crippen LogP contribution in [0.1, 0.15) is 36.8 Å². The number of methoxy groups -OCH3 is 1. The van der Waals surface area contributed by atoms with Crippen LogP contribution in [0.5, 0.6) is 0 Å². The Morgan fingerprint density at radius 2 is 1.59 bits per heavy atom. The van der Waals surface area contributed by atoms with Gasteiger partial charge in [-0.1, -0.05) is 29.8 Å². The number of ketones is 1. The number of carbonyl (C=O) groups excluding carboxylic acids is 3. The average molecular weight is 392 g/mol. The molecular weight excluding hydrogens is 372 g/mol. The molecule has 3 aromatic rings. The lowest BCUT2D eigenvalue weighted by Crippen LogP contribution is -2.46. The number of furan rings is 1. The predicted octanol–water partition coefficient (Wildman–Crippen LogP) is 3.43. The van der Waals surface area contributed by atoms with Gasteiger partial charge in [-0.05, 0) is 43.3 Å². The molecule has 7 heteroatoms. The Morgan fingerprint density at radius 3 is 2.17 bits per heavy atom. The summed E-state index contributed by atoms with van der Waals surface area (Å²) in [4.78, 5) is 37.0. The molecule has 2 N–H and O–H groups in total. The molecule has 1 aromatic heterocycles. The summed E-state index contributed by atoms with van der Waals surface area (Å²) in [5.74, 6) is -1.22. The third-order valence-electron chi connectivity index (χ3n) is 4.24. The van der Waals surface area contributed by atoms with E-state index in [9.17, 15) is 14.4 Å². The number of benzene rings is 2. The highest BCUT2D eigenvalue weighted by Gasteiger charge is 2.24. The van der Waals surface area contributed by atoms with Gasteiger partial charge in [-0.2, -0.15) is 0 Å². The zero-order valence-electron chi connectivity index (χ0n) is 16.0. The fraction of sp³-hybridized carbons (Fsp3) is 0.136. The van der Waals surface area contributed by atoms with Gasteiger partial charge >= 0.3 is 5.97 Å². The van der Waals surface area contributed by atoms with Crippen molar-refractivity contribution in [2.24, 2.45) is 0 Å². The van der Waals surface area contributed by atoms with Crippen molar-refractivity contribution in [3.8, 4) is 0 Å². The Balaban J connectivity index is 1.83.